The van der Waals surface area contributed by atoms with Crippen molar-refractivity contribution in [2.24, 2.45) is 5.92 Å². The Kier molecular flexibility index (Phi) is 3.96. The Labute approximate surface area is 174 Å². The van der Waals surface area contributed by atoms with E-state index in [2.05, 4.69) is 32.3 Å². The maximum Gasteiger partial charge on any atom is 0.261 e. The van der Waals surface area contributed by atoms with Gasteiger partial charge in [-0.15, -0.1) is 0 Å². The maximum absolute atomic E-state index is 13.3. The Morgan fingerprint density at radius 2 is 1.90 bits per heavy atom. The number of benzene rings is 2. The number of hydrogen-bond acceptors (Lipinski definition) is 4. The Bertz CT molecular complexity index is 1280. The second kappa shape index (κ2) is 6.71. The smallest absolute Gasteiger partial charge is 0.261 e. The highest BCUT2D eigenvalue weighted by Gasteiger charge is 2.35. The molecule has 0 saturated carbocycles. The van der Waals surface area contributed by atoms with E-state index in [1.165, 1.54) is 25.9 Å². The van der Waals surface area contributed by atoms with Crippen molar-refractivity contribution in [3.63, 3.8) is 0 Å². The molecule has 0 amide bonds. The molecule has 7 rings (SSSR count). The molecule has 0 unspecified atom stereocenters. The van der Waals surface area contributed by atoms with E-state index in [1.807, 2.05) is 37.3 Å². The van der Waals surface area contributed by atoms with Crippen LogP contribution in [0.4, 0.5) is 5.69 Å². The Hall–Kier alpha value is -3.12. The summed E-state index contributed by atoms with van der Waals surface area (Å²) in [6.45, 7) is 5.45. The van der Waals surface area contributed by atoms with Gasteiger partial charge in [0.15, 0.2) is 0 Å². The van der Waals surface area contributed by atoms with Gasteiger partial charge in [-0.1, -0.05) is 30.3 Å². The minimum absolute atomic E-state index is 0.111. The second-order valence-corrected chi connectivity index (χ2v) is 8.69. The van der Waals surface area contributed by atoms with E-state index in [-0.39, 0.29) is 5.56 Å². The normalized spacial score (nSPS) is 23.3. The first-order valence-electron chi connectivity index (χ1n) is 10.8. The SMILES string of the molecule is Cc1cccc2c(N[C@@H]3CN4CCC3CC4)c(-c3nc4ccccc4[nH]3)c(=O)[nH]c12. The van der Waals surface area contributed by atoms with Crippen LogP contribution < -0.4 is 10.9 Å². The Morgan fingerprint density at radius 3 is 2.67 bits per heavy atom. The largest absolute Gasteiger partial charge is 0.379 e. The minimum atomic E-state index is -0.111. The quantitative estimate of drug-likeness (QED) is 0.489. The van der Waals surface area contributed by atoms with Gasteiger partial charge in [-0.3, -0.25) is 4.79 Å². The number of H-pyrrole nitrogens is 2. The highest BCUT2D eigenvalue weighted by atomic mass is 16.1. The van der Waals surface area contributed by atoms with E-state index in [4.69, 9.17) is 4.98 Å². The van der Waals surface area contributed by atoms with Crippen LogP contribution in [0.15, 0.2) is 47.3 Å². The van der Waals surface area contributed by atoms with Crippen LogP contribution in [0.2, 0.25) is 0 Å². The zero-order valence-corrected chi connectivity index (χ0v) is 17.0. The highest BCUT2D eigenvalue weighted by molar-refractivity contribution is 6.00. The summed E-state index contributed by atoms with van der Waals surface area (Å²) < 4.78 is 0. The fraction of sp³-hybridized carbons (Fsp3) is 0.333. The van der Waals surface area contributed by atoms with Gasteiger partial charge < -0.3 is 20.2 Å². The first-order valence-corrected chi connectivity index (χ1v) is 10.8. The van der Waals surface area contributed by atoms with Crippen LogP contribution in [-0.4, -0.2) is 45.5 Å². The van der Waals surface area contributed by atoms with E-state index in [0.717, 1.165) is 39.7 Å². The van der Waals surface area contributed by atoms with Gasteiger partial charge in [0.05, 0.1) is 22.2 Å². The lowest BCUT2D eigenvalue weighted by atomic mass is 9.83. The molecule has 1 atom stereocenters. The summed E-state index contributed by atoms with van der Waals surface area (Å²) in [6.07, 6.45) is 2.44. The molecular weight excluding hydrogens is 374 g/mol. The summed E-state index contributed by atoms with van der Waals surface area (Å²) in [5, 5.41) is 4.86. The molecule has 3 fully saturated rings. The number of imidazole rings is 1. The topological polar surface area (TPSA) is 76.8 Å². The number of pyridine rings is 1. The highest BCUT2D eigenvalue weighted by Crippen LogP contribution is 2.36. The van der Waals surface area contributed by atoms with Gasteiger partial charge in [0.1, 0.15) is 11.4 Å². The summed E-state index contributed by atoms with van der Waals surface area (Å²) in [4.78, 5) is 27.1. The first kappa shape index (κ1) is 17.7. The molecule has 3 saturated heterocycles. The fourth-order valence-electron chi connectivity index (χ4n) is 5.23. The first-order chi connectivity index (χ1) is 14.7. The monoisotopic (exact) mass is 399 g/mol. The molecule has 6 heteroatoms. The van der Waals surface area contributed by atoms with Crippen molar-refractivity contribution >= 4 is 27.6 Å². The van der Waals surface area contributed by atoms with Crippen molar-refractivity contribution in [1.29, 1.82) is 0 Å². The van der Waals surface area contributed by atoms with E-state index >= 15 is 0 Å². The van der Waals surface area contributed by atoms with Gasteiger partial charge in [-0.05, 0) is 56.5 Å². The molecule has 30 heavy (non-hydrogen) atoms. The second-order valence-electron chi connectivity index (χ2n) is 8.69. The number of aromatic nitrogens is 3. The van der Waals surface area contributed by atoms with Crippen molar-refractivity contribution < 1.29 is 0 Å². The van der Waals surface area contributed by atoms with E-state index in [0.29, 0.717) is 23.3 Å². The van der Waals surface area contributed by atoms with Gasteiger partial charge >= 0.3 is 0 Å². The van der Waals surface area contributed by atoms with Crippen LogP contribution in [0, 0.1) is 12.8 Å². The van der Waals surface area contributed by atoms with Gasteiger partial charge in [0.2, 0.25) is 0 Å². The van der Waals surface area contributed by atoms with Gasteiger partial charge in [0.25, 0.3) is 5.56 Å². The van der Waals surface area contributed by atoms with Crippen molar-refractivity contribution in [2.45, 2.75) is 25.8 Å². The number of nitrogens with one attached hydrogen (secondary N) is 3. The molecule has 3 N–H and O–H groups in total. The van der Waals surface area contributed by atoms with E-state index in [1.54, 1.807) is 0 Å². The number of hydrogen-bond donors (Lipinski definition) is 3. The minimum Gasteiger partial charge on any atom is -0.379 e. The lowest BCUT2D eigenvalue weighted by Gasteiger charge is -2.45. The summed E-state index contributed by atoms with van der Waals surface area (Å²) in [7, 11) is 0. The molecule has 0 aliphatic carbocycles. The summed E-state index contributed by atoms with van der Waals surface area (Å²) in [6, 6.07) is 14.4. The molecule has 2 aromatic heterocycles. The van der Waals surface area contributed by atoms with Crippen molar-refractivity contribution in [2.75, 3.05) is 25.0 Å². The number of para-hydroxylation sites is 3. The third-order valence-corrected chi connectivity index (χ3v) is 6.87. The number of piperidine rings is 3. The molecule has 5 heterocycles. The number of nitrogens with zero attached hydrogens (tertiary/aromatic N) is 2. The zero-order valence-electron chi connectivity index (χ0n) is 17.0. The number of aryl methyl sites for hydroxylation is 1. The average Bonchev–Trinajstić information content (AvgIpc) is 3.19. The standard InChI is InChI=1S/C24H25N5O/c1-14-5-4-6-16-21(14)28-24(30)20(23-26-17-7-2-3-8-18(17)27-23)22(16)25-19-13-29-11-9-15(19)10-12-29/h2-8,15,19H,9-13H2,1H3,(H,26,27)(H2,25,28,30)/t19-/m1/s1. The molecular formula is C24H25N5O. The predicted octanol–water partition coefficient (Wildman–Crippen LogP) is 3.89. The van der Waals surface area contributed by atoms with Crippen LogP contribution in [0.5, 0.6) is 0 Å². The molecule has 3 aliphatic heterocycles. The van der Waals surface area contributed by atoms with Gasteiger partial charge in [-0.2, -0.15) is 0 Å². The summed E-state index contributed by atoms with van der Waals surface area (Å²) in [5.41, 5.74) is 5.15. The Morgan fingerprint density at radius 1 is 1.07 bits per heavy atom. The van der Waals surface area contributed by atoms with Crippen molar-refractivity contribution in [1.82, 2.24) is 19.9 Å². The van der Waals surface area contributed by atoms with Crippen molar-refractivity contribution in [3.8, 4) is 11.4 Å². The predicted molar refractivity (Wildman–Crippen MR) is 121 cm³/mol. The lowest BCUT2D eigenvalue weighted by Crippen LogP contribution is -2.53. The summed E-state index contributed by atoms with van der Waals surface area (Å²) >= 11 is 0. The third kappa shape index (κ3) is 2.75. The molecule has 6 nitrogen and oxygen atoms in total. The van der Waals surface area contributed by atoms with Gasteiger partial charge in [0, 0.05) is 18.0 Å². The number of fused-ring (bicyclic) bond motifs is 5. The van der Waals surface area contributed by atoms with Crippen molar-refractivity contribution in [3.05, 3.63) is 58.4 Å². The van der Waals surface area contributed by atoms with E-state index < -0.39 is 0 Å². The molecule has 4 aromatic rings. The molecule has 2 bridgehead atoms. The zero-order chi connectivity index (χ0) is 20.2. The van der Waals surface area contributed by atoms with Crippen LogP contribution in [0.25, 0.3) is 33.3 Å². The maximum atomic E-state index is 13.3. The summed E-state index contributed by atoms with van der Waals surface area (Å²) in [5.74, 6) is 1.27. The van der Waals surface area contributed by atoms with Crippen LogP contribution in [0.3, 0.4) is 0 Å². The van der Waals surface area contributed by atoms with E-state index in [9.17, 15) is 4.79 Å². The molecule has 0 radical (unpaired) electrons. The number of anilines is 1. The Balaban J connectivity index is 1.57. The third-order valence-electron chi connectivity index (χ3n) is 6.87. The van der Waals surface area contributed by atoms with Crippen LogP contribution >= 0.6 is 0 Å². The lowest BCUT2D eigenvalue weighted by molar-refractivity contribution is 0.0976. The number of rotatable bonds is 3. The fourth-order valence-corrected chi connectivity index (χ4v) is 5.23. The number of aromatic amines is 2. The molecule has 152 valence electrons. The average molecular weight is 399 g/mol. The van der Waals surface area contributed by atoms with Crippen LogP contribution in [0.1, 0.15) is 18.4 Å². The molecule has 0 spiro atoms. The molecule has 2 aromatic carbocycles. The van der Waals surface area contributed by atoms with Crippen LogP contribution in [-0.2, 0) is 0 Å². The van der Waals surface area contributed by atoms with Gasteiger partial charge in [-0.25, -0.2) is 4.98 Å². The molecule has 3 aliphatic rings.